The third-order valence-corrected chi connectivity index (χ3v) is 4.11. The van der Waals surface area contributed by atoms with Crippen molar-refractivity contribution >= 4 is 0 Å². The molecular weight excluding hydrogens is 310 g/mol. The van der Waals surface area contributed by atoms with E-state index in [1.54, 1.807) is 25.8 Å². The maximum atomic E-state index is 5.83. The molecule has 8 heteroatoms. The lowest BCUT2D eigenvalue weighted by Gasteiger charge is -2.15. The van der Waals surface area contributed by atoms with Crippen LogP contribution in [0.4, 0.5) is 0 Å². The zero-order valence-electron chi connectivity index (χ0n) is 13.2. The standard InChI is InChI=1S/C16H17N5O3/c1-22-15-12(3-2-5-18-15)14-19-16(24-20-14)13-11(4-8-23-13)9-21-7-6-17-10-21/h2-3,5-7,10-11,13H,4,8-9H2,1H3/t11-,13-/m0/s1. The number of imidazole rings is 1. The van der Waals surface area contributed by atoms with Gasteiger partial charge in [0.2, 0.25) is 11.7 Å². The van der Waals surface area contributed by atoms with Crippen LogP contribution in [-0.2, 0) is 11.3 Å². The van der Waals surface area contributed by atoms with Gasteiger partial charge in [-0.3, -0.25) is 0 Å². The second kappa shape index (κ2) is 6.40. The summed E-state index contributed by atoms with van der Waals surface area (Å²) in [5, 5.41) is 4.07. The molecule has 3 aromatic rings. The number of nitrogens with zero attached hydrogens (tertiary/aromatic N) is 5. The minimum atomic E-state index is -0.212. The van der Waals surface area contributed by atoms with Crippen LogP contribution < -0.4 is 4.74 Å². The molecular formula is C16H17N5O3. The number of pyridine rings is 1. The minimum absolute atomic E-state index is 0.212. The normalized spacial score (nSPS) is 20.4. The quantitative estimate of drug-likeness (QED) is 0.709. The van der Waals surface area contributed by atoms with Crippen molar-refractivity contribution in [2.45, 2.75) is 19.1 Å². The van der Waals surface area contributed by atoms with E-state index >= 15 is 0 Å². The number of hydrogen-bond donors (Lipinski definition) is 0. The Hall–Kier alpha value is -2.74. The zero-order valence-corrected chi connectivity index (χ0v) is 13.2. The van der Waals surface area contributed by atoms with Crippen molar-refractivity contribution in [3.05, 3.63) is 42.9 Å². The van der Waals surface area contributed by atoms with Gasteiger partial charge in [0, 0.05) is 37.7 Å². The van der Waals surface area contributed by atoms with Gasteiger partial charge >= 0.3 is 0 Å². The van der Waals surface area contributed by atoms with E-state index in [2.05, 4.69) is 20.1 Å². The van der Waals surface area contributed by atoms with Crippen LogP contribution in [0.15, 0.2) is 41.6 Å². The fourth-order valence-electron chi connectivity index (χ4n) is 2.94. The Morgan fingerprint density at radius 2 is 2.33 bits per heavy atom. The Balaban J connectivity index is 1.57. The van der Waals surface area contributed by atoms with Gasteiger partial charge in [-0.1, -0.05) is 5.16 Å². The molecule has 2 atom stereocenters. The second-order valence-electron chi connectivity index (χ2n) is 5.62. The van der Waals surface area contributed by atoms with Gasteiger partial charge in [-0.2, -0.15) is 4.98 Å². The van der Waals surface area contributed by atoms with Crippen LogP contribution >= 0.6 is 0 Å². The van der Waals surface area contributed by atoms with E-state index in [-0.39, 0.29) is 12.0 Å². The first-order chi connectivity index (χ1) is 11.8. The largest absolute Gasteiger partial charge is 0.480 e. The number of ether oxygens (including phenoxy) is 2. The van der Waals surface area contributed by atoms with Crippen molar-refractivity contribution in [1.29, 1.82) is 0 Å². The molecule has 0 saturated carbocycles. The Morgan fingerprint density at radius 1 is 1.38 bits per heavy atom. The van der Waals surface area contributed by atoms with Gasteiger partial charge in [-0.15, -0.1) is 0 Å². The highest BCUT2D eigenvalue weighted by atomic mass is 16.5. The van der Waals surface area contributed by atoms with E-state index in [0.29, 0.717) is 29.8 Å². The predicted octanol–water partition coefficient (Wildman–Crippen LogP) is 2.11. The van der Waals surface area contributed by atoms with E-state index < -0.39 is 0 Å². The maximum Gasteiger partial charge on any atom is 0.256 e. The lowest BCUT2D eigenvalue weighted by Crippen LogP contribution is -2.14. The predicted molar refractivity (Wildman–Crippen MR) is 83.1 cm³/mol. The van der Waals surface area contributed by atoms with Crippen LogP contribution in [0.5, 0.6) is 5.88 Å². The SMILES string of the molecule is COc1ncccc1-c1noc([C@H]2OCC[C@H]2Cn2ccnc2)n1. The summed E-state index contributed by atoms with van der Waals surface area (Å²) >= 11 is 0. The Labute approximate surface area is 138 Å². The van der Waals surface area contributed by atoms with Crippen LogP contribution in [0.1, 0.15) is 18.4 Å². The number of rotatable bonds is 5. The number of methoxy groups -OCH3 is 1. The van der Waals surface area contributed by atoms with Gasteiger partial charge in [0.1, 0.15) is 6.10 Å². The molecule has 0 aliphatic carbocycles. The first kappa shape index (κ1) is 14.8. The van der Waals surface area contributed by atoms with E-state index in [1.807, 2.05) is 22.9 Å². The maximum absolute atomic E-state index is 5.83. The molecule has 1 saturated heterocycles. The molecule has 1 fully saturated rings. The summed E-state index contributed by atoms with van der Waals surface area (Å²) in [5.74, 6) is 1.67. The molecule has 8 nitrogen and oxygen atoms in total. The van der Waals surface area contributed by atoms with Crippen molar-refractivity contribution in [3.63, 3.8) is 0 Å². The highest BCUT2D eigenvalue weighted by Crippen LogP contribution is 2.36. The number of hydrogen-bond acceptors (Lipinski definition) is 7. The first-order valence-electron chi connectivity index (χ1n) is 7.75. The highest BCUT2D eigenvalue weighted by Gasteiger charge is 2.34. The summed E-state index contributed by atoms with van der Waals surface area (Å²) in [5.41, 5.74) is 0.694. The Morgan fingerprint density at radius 3 is 3.17 bits per heavy atom. The van der Waals surface area contributed by atoms with Crippen LogP contribution in [0.2, 0.25) is 0 Å². The van der Waals surface area contributed by atoms with Gasteiger partial charge in [0.25, 0.3) is 5.89 Å². The average Bonchev–Trinajstić information content (AvgIpc) is 3.36. The van der Waals surface area contributed by atoms with Gasteiger partial charge in [-0.25, -0.2) is 9.97 Å². The van der Waals surface area contributed by atoms with Gasteiger partial charge < -0.3 is 18.6 Å². The van der Waals surface area contributed by atoms with Crippen LogP contribution in [0.25, 0.3) is 11.4 Å². The highest BCUT2D eigenvalue weighted by molar-refractivity contribution is 5.60. The minimum Gasteiger partial charge on any atom is -0.480 e. The summed E-state index contributed by atoms with van der Waals surface area (Å²) < 4.78 is 18.6. The van der Waals surface area contributed by atoms with Crippen molar-refractivity contribution in [1.82, 2.24) is 24.7 Å². The van der Waals surface area contributed by atoms with E-state index in [9.17, 15) is 0 Å². The molecule has 124 valence electrons. The molecule has 3 aromatic heterocycles. The van der Waals surface area contributed by atoms with Crippen LogP contribution in [0, 0.1) is 5.92 Å². The van der Waals surface area contributed by atoms with Crippen LogP contribution in [0.3, 0.4) is 0 Å². The summed E-state index contributed by atoms with van der Waals surface area (Å²) in [6.45, 7) is 1.48. The third kappa shape index (κ3) is 2.76. The van der Waals surface area contributed by atoms with Crippen LogP contribution in [-0.4, -0.2) is 38.4 Å². The summed E-state index contributed by atoms with van der Waals surface area (Å²) in [6, 6.07) is 3.65. The smallest absolute Gasteiger partial charge is 0.256 e. The molecule has 0 unspecified atom stereocenters. The topological polar surface area (TPSA) is 88.1 Å². The fourth-order valence-corrected chi connectivity index (χ4v) is 2.94. The third-order valence-electron chi connectivity index (χ3n) is 4.11. The summed E-state index contributed by atoms with van der Waals surface area (Å²) in [6.07, 6.45) is 7.90. The van der Waals surface area contributed by atoms with Gasteiger partial charge in [0.15, 0.2) is 0 Å². The summed E-state index contributed by atoms with van der Waals surface area (Å²) in [7, 11) is 1.56. The first-order valence-corrected chi connectivity index (χ1v) is 7.75. The lowest BCUT2D eigenvalue weighted by atomic mass is 10.0. The molecule has 0 aromatic carbocycles. The summed E-state index contributed by atoms with van der Waals surface area (Å²) in [4.78, 5) is 12.7. The molecule has 1 aliphatic heterocycles. The molecule has 0 bridgehead atoms. The zero-order chi connectivity index (χ0) is 16.4. The molecule has 0 spiro atoms. The molecule has 1 aliphatic rings. The van der Waals surface area contributed by atoms with Gasteiger partial charge in [0.05, 0.1) is 19.0 Å². The average molecular weight is 327 g/mol. The lowest BCUT2D eigenvalue weighted by molar-refractivity contribution is 0.0587. The Bertz CT molecular complexity index is 802. The van der Waals surface area contributed by atoms with E-state index in [0.717, 1.165) is 13.0 Å². The molecule has 24 heavy (non-hydrogen) atoms. The van der Waals surface area contributed by atoms with E-state index in [4.69, 9.17) is 14.0 Å². The fraction of sp³-hybridized carbons (Fsp3) is 0.375. The van der Waals surface area contributed by atoms with Crippen molar-refractivity contribution < 1.29 is 14.0 Å². The van der Waals surface area contributed by atoms with E-state index in [1.165, 1.54) is 0 Å². The van der Waals surface area contributed by atoms with Crippen molar-refractivity contribution in [2.75, 3.05) is 13.7 Å². The molecule has 4 rings (SSSR count). The van der Waals surface area contributed by atoms with Crippen molar-refractivity contribution in [3.8, 4) is 17.3 Å². The van der Waals surface area contributed by atoms with Gasteiger partial charge in [-0.05, 0) is 18.6 Å². The molecule has 0 amide bonds. The Kier molecular flexibility index (Phi) is 3.96. The monoisotopic (exact) mass is 327 g/mol. The molecule has 4 heterocycles. The number of aromatic nitrogens is 5. The molecule has 0 radical (unpaired) electrons. The van der Waals surface area contributed by atoms with Crippen molar-refractivity contribution in [2.24, 2.45) is 5.92 Å². The second-order valence-corrected chi connectivity index (χ2v) is 5.62. The molecule has 0 N–H and O–H groups in total.